The second-order valence-corrected chi connectivity index (χ2v) is 4.30. The smallest absolute Gasteiger partial charge is 0.251 e. The van der Waals surface area contributed by atoms with Crippen LogP contribution < -0.4 is 11.1 Å². The topological polar surface area (TPSA) is 68.0 Å². The maximum Gasteiger partial charge on any atom is 0.251 e. The van der Waals surface area contributed by atoms with Crippen LogP contribution in [-0.2, 0) is 6.54 Å². The number of halogens is 2. The molecule has 4 nitrogen and oxygen atoms in total. The fourth-order valence-electron chi connectivity index (χ4n) is 1.58. The normalized spacial score (nSPS) is 10.2. The first kappa shape index (κ1) is 13.3. The Morgan fingerprint density at radius 1 is 1.37 bits per heavy atom. The third-order valence-electron chi connectivity index (χ3n) is 2.42. The number of rotatable bonds is 3. The number of hydrogen-bond donors (Lipinski definition) is 2. The van der Waals surface area contributed by atoms with Crippen molar-refractivity contribution in [3.63, 3.8) is 0 Å². The van der Waals surface area contributed by atoms with E-state index in [0.29, 0.717) is 11.1 Å². The number of carbonyl (C=O) groups excluding carboxylic acids is 1. The van der Waals surface area contributed by atoms with Crippen LogP contribution in [0.2, 0.25) is 5.15 Å². The monoisotopic (exact) mass is 279 g/mol. The molecular weight excluding hydrogens is 269 g/mol. The van der Waals surface area contributed by atoms with Gasteiger partial charge >= 0.3 is 0 Å². The minimum atomic E-state index is -0.347. The Bertz CT molecular complexity index is 598. The molecule has 0 aliphatic carbocycles. The molecule has 0 spiro atoms. The van der Waals surface area contributed by atoms with E-state index in [1.54, 1.807) is 12.1 Å². The van der Waals surface area contributed by atoms with Gasteiger partial charge in [-0.2, -0.15) is 0 Å². The molecule has 0 fully saturated rings. The van der Waals surface area contributed by atoms with Crippen molar-refractivity contribution >= 4 is 23.3 Å². The quantitative estimate of drug-likeness (QED) is 0.848. The van der Waals surface area contributed by atoms with E-state index in [0.717, 1.165) is 0 Å². The Morgan fingerprint density at radius 2 is 2.16 bits per heavy atom. The number of benzene rings is 1. The summed E-state index contributed by atoms with van der Waals surface area (Å²) in [4.78, 5) is 15.6. The van der Waals surface area contributed by atoms with E-state index in [2.05, 4.69) is 10.3 Å². The van der Waals surface area contributed by atoms with Crippen molar-refractivity contribution in [3.05, 3.63) is 58.5 Å². The number of nitrogens with two attached hydrogens (primary N) is 1. The highest BCUT2D eigenvalue weighted by Crippen LogP contribution is 2.12. The van der Waals surface area contributed by atoms with Crippen LogP contribution in [0.4, 0.5) is 10.2 Å². The lowest BCUT2D eigenvalue weighted by Gasteiger charge is -2.06. The fraction of sp³-hybridized carbons (Fsp3) is 0.0769. The molecule has 3 N–H and O–H groups in total. The lowest BCUT2D eigenvalue weighted by atomic mass is 10.2. The molecule has 1 amide bonds. The third-order valence-corrected chi connectivity index (χ3v) is 2.61. The molecule has 2 rings (SSSR count). The van der Waals surface area contributed by atoms with E-state index >= 15 is 0 Å². The summed E-state index contributed by atoms with van der Waals surface area (Å²) >= 11 is 5.71. The van der Waals surface area contributed by atoms with Gasteiger partial charge in [-0.3, -0.25) is 4.79 Å². The lowest BCUT2D eigenvalue weighted by molar-refractivity contribution is 0.0951. The number of amides is 1. The summed E-state index contributed by atoms with van der Waals surface area (Å²) in [6.07, 6.45) is 0. The minimum Gasteiger partial charge on any atom is -0.384 e. The molecule has 1 heterocycles. The summed E-state index contributed by atoms with van der Waals surface area (Å²) in [6.45, 7) is 0.219. The maximum atomic E-state index is 13.0. The van der Waals surface area contributed by atoms with Crippen molar-refractivity contribution in [1.82, 2.24) is 10.3 Å². The standard InChI is InChI=1S/C13H11ClFN3O/c14-11-5-9(6-12(16)18-11)13(19)17-7-8-2-1-3-10(15)4-8/h1-6H,7H2,(H2,16,18)(H,17,19). The van der Waals surface area contributed by atoms with Gasteiger partial charge < -0.3 is 11.1 Å². The van der Waals surface area contributed by atoms with Crippen LogP contribution in [0.5, 0.6) is 0 Å². The van der Waals surface area contributed by atoms with E-state index in [1.165, 1.54) is 24.3 Å². The van der Waals surface area contributed by atoms with Crippen LogP contribution >= 0.6 is 11.6 Å². The van der Waals surface area contributed by atoms with Gasteiger partial charge in [0.2, 0.25) is 0 Å². The maximum absolute atomic E-state index is 13.0. The third kappa shape index (κ3) is 3.66. The van der Waals surface area contributed by atoms with Gasteiger partial charge in [-0.15, -0.1) is 0 Å². The Hall–Kier alpha value is -2.14. The summed E-state index contributed by atoms with van der Waals surface area (Å²) in [7, 11) is 0. The minimum absolute atomic E-state index is 0.149. The molecule has 98 valence electrons. The van der Waals surface area contributed by atoms with Crippen LogP contribution in [0.15, 0.2) is 36.4 Å². The van der Waals surface area contributed by atoms with Crippen LogP contribution in [0, 0.1) is 5.82 Å². The van der Waals surface area contributed by atoms with Crippen LogP contribution in [0.25, 0.3) is 0 Å². The molecule has 0 saturated heterocycles. The van der Waals surface area contributed by atoms with Crippen molar-refractivity contribution in [2.24, 2.45) is 0 Å². The first-order valence-corrected chi connectivity index (χ1v) is 5.88. The molecule has 19 heavy (non-hydrogen) atoms. The molecule has 0 bridgehead atoms. The lowest BCUT2D eigenvalue weighted by Crippen LogP contribution is -2.23. The van der Waals surface area contributed by atoms with Gasteiger partial charge in [0.25, 0.3) is 5.91 Å². The molecule has 0 unspecified atom stereocenters. The average molecular weight is 280 g/mol. The highest BCUT2D eigenvalue weighted by molar-refractivity contribution is 6.29. The number of pyridine rings is 1. The Labute approximate surface area is 114 Å². The zero-order valence-corrected chi connectivity index (χ0v) is 10.6. The molecule has 6 heteroatoms. The number of nitrogens with zero attached hydrogens (tertiary/aromatic N) is 1. The van der Waals surface area contributed by atoms with Crippen molar-refractivity contribution in [1.29, 1.82) is 0 Å². The second kappa shape index (κ2) is 5.67. The highest BCUT2D eigenvalue weighted by atomic mass is 35.5. The Kier molecular flexibility index (Phi) is 3.97. The van der Waals surface area contributed by atoms with Crippen molar-refractivity contribution in [2.45, 2.75) is 6.54 Å². The molecule has 1 aromatic carbocycles. The molecular formula is C13H11ClFN3O. The van der Waals surface area contributed by atoms with Crippen LogP contribution in [-0.4, -0.2) is 10.9 Å². The highest BCUT2D eigenvalue weighted by Gasteiger charge is 2.08. The van der Waals surface area contributed by atoms with Gasteiger partial charge in [-0.25, -0.2) is 9.37 Å². The molecule has 0 atom stereocenters. The van der Waals surface area contributed by atoms with Gasteiger partial charge in [0.1, 0.15) is 16.8 Å². The summed E-state index contributed by atoms with van der Waals surface area (Å²) in [5, 5.41) is 2.80. The molecule has 2 aromatic rings. The predicted octanol–water partition coefficient (Wildman–Crippen LogP) is 2.39. The van der Waals surface area contributed by atoms with E-state index in [1.807, 2.05) is 0 Å². The fourth-order valence-corrected chi connectivity index (χ4v) is 1.79. The number of carbonyl (C=O) groups is 1. The second-order valence-electron chi connectivity index (χ2n) is 3.92. The molecule has 0 radical (unpaired) electrons. The van der Waals surface area contributed by atoms with E-state index in [-0.39, 0.29) is 29.2 Å². The number of nitrogens with one attached hydrogen (secondary N) is 1. The van der Waals surface area contributed by atoms with Crippen molar-refractivity contribution in [2.75, 3.05) is 5.73 Å². The number of anilines is 1. The summed E-state index contributed by atoms with van der Waals surface area (Å²) in [5.41, 5.74) is 6.48. The van der Waals surface area contributed by atoms with Crippen molar-refractivity contribution < 1.29 is 9.18 Å². The summed E-state index contributed by atoms with van der Waals surface area (Å²) < 4.78 is 13.0. The zero-order valence-electron chi connectivity index (χ0n) is 9.86. The first-order valence-electron chi connectivity index (χ1n) is 5.50. The first-order chi connectivity index (χ1) is 9.04. The Morgan fingerprint density at radius 3 is 2.84 bits per heavy atom. The molecule has 0 aliphatic heterocycles. The number of aromatic nitrogens is 1. The number of nitrogen functional groups attached to an aromatic ring is 1. The van der Waals surface area contributed by atoms with Gasteiger partial charge in [0, 0.05) is 12.1 Å². The van der Waals surface area contributed by atoms with Crippen molar-refractivity contribution in [3.8, 4) is 0 Å². The van der Waals surface area contributed by atoms with Gasteiger partial charge in [0.05, 0.1) is 0 Å². The average Bonchev–Trinajstić information content (AvgIpc) is 2.35. The van der Waals surface area contributed by atoms with Crippen LogP contribution in [0.3, 0.4) is 0 Å². The molecule has 1 aromatic heterocycles. The van der Waals surface area contributed by atoms with Gasteiger partial charge in [-0.05, 0) is 29.8 Å². The number of hydrogen-bond acceptors (Lipinski definition) is 3. The van der Waals surface area contributed by atoms with Gasteiger partial charge in [0.15, 0.2) is 0 Å². The SMILES string of the molecule is Nc1cc(C(=O)NCc2cccc(F)c2)cc(Cl)n1. The molecule has 0 aliphatic rings. The molecule has 0 saturated carbocycles. The van der Waals surface area contributed by atoms with E-state index in [4.69, 9.17) is 17.3 Å². The zero-order chi connectivity index (χ0) is 13.8. The van der Waals surface area contributed by atoms with Crippen LogP contribution in [0.1, 0.15) is 15.9 Å². The largest absolute Gasteiger partial charge is 0.384 e. The Balaban J connectivity index is 2.05. The van der Waals surface area contributed by atoms with E-state index < -0.39 is 0 Å². The van der Waals surface area contributed by atoms with E-state index in [9.17, 15) is 9.18 Å². The predicted molar refractivity (Wildman–Crippen MR) is 71.2 cm³/mol. The summed E-state index contributed by atoms with van der Waals surface area (Å²) in [5.74, 6) is -0.522. The summed E-state index contributed by atoms with van der Waals surface area (Å²) in [6, 6.07) is 8.84. The van der Waals surface area contributed by atoms with Gasteiger partial charge in [-0.1, -0.05) is 23.7 Å².